The van der Waals surface area contributed by atoms with Crippen LogP contribution in [0.1, 0.15) is 389 Å². The van der Waals surface area contributed by atoms with Crippen molar-refractivity contribution >= 4 is 39.5 Å². The van der Waals surface area contributed by atoms with Crippen molar-refractivity contribution in [1.82, 2.24) is 0 Å². The van der Waals surface area contributed by atoms with Gasteiger partial charge in [0.05, 0.1) is 26.4 Å². The second kappa shape index (κ2) is 66.6. The van der Waals surface area contributed by atoms with E-state index in [9.17, 15) is 43.2 Å². The highest BCUT2D eigenvalue weighted by Gasteiger charge is 2.30. The molecule has 0 radical (unpaired) electrons. The van der Waals surface area contributed by atoms with Gasteiger partial charge in [0.2, 0.25) is 0 Å². The molecule has 3 unspecified atom stereocenters. The number of rotatable bonds is 74. The number of hydrogen-bond donors (Lipinski definition) is 3. The fourth-order valence-corrected chi connectivity index (χ4v) is 13.1. The molecule has 0 aromatic carbocycles. The average molecular weight is 1400 g/mol. The standard InChI is InChI=1S/C76H148O17P2/c1-8-10-11-12-13-14-23-31-36-45-52-59-75(80)93-72(64-87-74(79)58-51-44-39-38-42-49-56-69(7)9-2)66-91-95(84,85)89-62-70(77)61-88-94(82,83)90-65-71(92-76(81)60-53-46-37-32-27-22-18-16-20-25-29-34-41-48-55-68(5)6)63-86-73(78)57-50-43-35-30-26-21-17-15-19-24-28-33-40-47-54-67(3)4/h67-72,77H,8-66H2,1-7H3,(H,82,83)(H,84,85)/t69?,70-,71-,72-/m1/s1. The molecule has 17 nitrogen and oxygen atoms in total. The van der Waals surface area contributed by atoms with Crippen molar-refractivity contribution in [3.8, 4) is 0 Å². The van der Waals surface area contributed by atoms with Gasteiger partial charge in [-0.05, 0) is 43.4 Å². The Morgan fingerprint density at radius 2 is 0.537 bits per heavy atom. The molecule has 0 spiro atoms. The molecule has 0 bridgehead atoms. The third kappa shape index (κ3) is 69.0. The predicted octanol–water partition coefficient (Wildman–Crippen LogP) is 22.2. The second-order valence-electron chi connectivity index (χ2n) is 28.6. The zero-order chi connectivity index (χ0) is 70.1. The summed E-state index contributed by atoms with van der Waals surface area (Å²) in [5.74, 6) is 0.208. The fraction of sp³-hybridized carbons (Fsp3) is 0.947. The normalized spacial score (nSPS) is 14.4. The highest BCUT2D eigenvalue weighted by Crippen LogP contribution is 2.45. The van der Waals surface area contributed by atoms with Crippen LogP contribution in [0, 0.1) is 17.8 Å². The number of aliphatic hydroxyl groups excluding tert-OH is 1. The van der Waals surface area contributed by atoms with Gasteiger partial charge in [-0.25, -0.2) is 9.13 Å². The van der Waals surface area contributed by atoms with E-state index < -0.39 is 97.5 Å². The van der Waals surface area contributed by atoms with Crippen molar-refractivity contribution in [2.75, 3.05) is 39.6 Å². The lowest BCUT2D eigenvalue weighted by Gasteiger charge is -2.21. The third-order valence-electron chi connectivity index (χ3n) is 18.0. The molecule has 0 rings (SSSR count). The minimum atomic E-state index is -4.96. The van der Waals surface area contributed by atoms with E-state index in [1.54, 1.807) is 0 Å². The quantitative estimate of drug-likeness (QED) is 0.0222. The van der Waals surface area contributed by atoms with Crippen molar-refractivity contribution < 1.29 is 80.2 Å². The maximum Gasteiger partial charge on any atom is 0.472 e. The van der Waals surface area contributed by atoms with Gasteiger partial charge in [-0.3, -0.25) is 37.3 Å². The Morgan fingerprint density at radius 3 is 0.800 bits per heavy atom. The first-order valence-corrected chi connectivity index (χ1v) is 42.4. The van der Waals surface area contributed by atoms with Gasteiger partial charge in [-0.15, -0.1) is 0 Å². The molecule has 3 N–H and O–H groups in total. The first kappa shape index (κ1) is 93.1. The van der Waals surface area contributed by atoms with E-state index in [-0.39, 0.29) is 25.7 Å². The van der Waals surface area contributed by atoms with Crippen LogP contribution in [-0.4, -0.2) is 96.7 Å². The van der Waals surface area contributed by atoms with E-state index in [2.05, 4.69) is 48.5 Å². The Bertz CT molecular complexity index is 1850. The summed E-state index contributed by atoms with van der Waals surface area (Å²) in [6.07, 6.45) is 52.7. The van der Waals surface area contributed by atoms with Crippen molar-refractivity contribution in [2.45, 2.75) is 407 Å². The summed E-state index contributed by atoms with van der Waals surface area (Å²) in [5, 5.41) is 10.6. The molecule has 6 atom stereocenters. The molecule has 0 aromatic heterocycles. The lowest BCUT2D eigenvalue weighted by atomic mass is 10.00. The summed E-state index contributed by atoms with van der Waals surface area (Å²) >= 11 is 0. The number of aliphatic hydroxyl groups is 1. The zero-order valence-electron chi connectivity index (χ0n) is 62.1. The number of carbonyl (C=O) groups is 4. The van der Waals surface area contributed by atoms with E-state index in [0.717, 1.165) is 114 Å². The maximum absolute atomic E-state index is 13.1. The van der Waals surface area contributed by atoms with Crippen molar-refractivity contribution in [3.63, 3.8) is 0 Å². The van der Waals surface area contributed by atoms with E-state index >= 15 is 0 Å². The van der Waals surface area contributed by atoms with Gasteiger partial charge in [0.15, 0.2) is 12.2 Å². The molecule has 564 valence electrons. The molecule has 0 heterocycles. The van der Waals surface area contributed by atoms with Crippen LogP contribution in [0.5, 0.6) is 0 Å². The van der Waals surface area contributed by atoms with Crippen LogP contribution in [-0.2, 0) is 65.4 Å². The van der Waals surface area contributed by atoms with Crippen LogP contribution in [0.2, 0.25) is 0 Å². The van der Waals surface area contributed by atoms with Crippen molar-refractivity contribution in [2.24, 2.45) is 17.8 Å². The molecular weight excluding hydrogens is 1250 g/mol. The minimum absolute atomic E-state index is 0.106. The van der Waals surface area contributed by atoms with E-state index in [1.165, 1.54) is 193 Å². The lowest BCUT2D eigenvalue weighted by molar-refractivity contribution is -0.161. The van der Waals surface area contributed by atoms with Gasteiger partial charge in [0.25, 0.3) is 0 Å². The predicted molar refractivity (Wildman–Crippen MR) is 386 cm³/mol. The minimum Gasteiger partial charge on any atom is -0.462 e. The third-order valence-corrected chi connectivity index (χ3v) is 19.9. The Morgan fingerprint density at radius 1 is 0.305 bits per heavy atom. The zero-order valence-corrected chi connectivity index (χ0v) is 63.9. The SMILES string of the molecule is CCCCCCCCCCCCCC(=O)O[C@H](COC(=O)CCCCCCCCC(C)CC)COP(=O)(O)OC[C@H](O)COP(=O)(O)OC[C@@H](COC(=O)CCCCCCCCCCCCCCCCC(C)C)OC(=O)CCCCCCCCCCCCCCCCC(C)C. The summed E-state index contributed by atoms with van der Waals surface area (Å²) in [6, 6.07) is 0. The van der Waals surface area contributed by atoms with E-state index in [4.69, 9.17) is 37.0 Å². The van der Waals surface area contributed by atoms with Crippen LogP contribution in [0.15, 0.2) is 0 Å². The molecule has 0 fully saturated rings. The summed E-state index contributed by atoms with van der Waals surface area (Å²) in [6.45, 7) is 11.9. The number of phosphoric ester groups is 2. The highest BCUT2D eigenvalue weighted by molar-refractivity contribution is 7.47. The van der Waals surface area contributed by atoms with Gasteiger partial charge in [-0.2, -0.15) is 0 Å². The largest absolute Gasteiger partial charge is 0.472 e. The molecule has 19 heteroatoms. The van der Waals surface area contributed by atoms with Gasteiger partial charge in [0.1, 0.15) is 19.3 Å². The first-order chi connectivity index (χ1) is 45.8. The first-order valence-electron chi connectivity index (χ1n) is 39.4. The number of unbranched alkanes of at least 4 members (excludes halogenated alkanes) is 41. The van der Waals surface area contributed by atoms with E-state index in [0.29, 0.717) is 25.7 Å². The van der Waals surface area contributed by atoms with Crippen molar-refractivity contribution in [3.05, 3.63) is 0 Å². The molecule has 0 saturated heterocycles. The van der Waals surface area contributed by atoms with Crippen LogP contribution < -0.4 is 0 Å². The molecule has 95 heavy (non-hydrogen) atoms. The Hall–Kier alpha value is -1.94. The smallest absolute Gasteiger partial charge is 0.462 e. The summed E-state index contributed by atoms with van der Waals surface area (Å²) in [7, 11) is -9.91. The molecule has 0 saturated carbocycles. The molecule has 0 aliphatic heterocycles. The summed E-state index contributed by atoms with van der Waals surface area (Å²) in [4.78, 5) is 72.8. The number of esters is 4. The highest BCUT2D eigenvalue weighted by atomic mass is 31.2. The second-order valence-corrected chi connectivity index (χ2v) is 31.5. The van der Waals surface area contributed by atoms with Gasteiger partial charge >= 0.3 is 39.5 Å². The number of phosphoric acid groups is 2. The van der Waals surface area contributed by atoms with E-state index in [1.807, 2.05) is 0 Å². The number of carbonyl (C=O) groups excluding carboxylic acids is 4. The number of hydrogen-bond acceptors (Lipinski definition) is 15. The summed E-state index contributed by atoms with van der Waals surface area (Å²) < 4.78 is 68.5. The topological polar surface area (TPSA) is 237 Å². The molecular formula is C76H148O17P2. The van der Waals surface area contributed by atoms with Crippen LogP contribution in [0.3, 0.4) is 0 Å². The molecule has 0 aliphatic rings. The van der Waals surface area contributed by atoms with Gasteiger partial charge in [0, 0.05) is 25.7 Å². The molecule has 0 aliphatic carbocycles. The average Bonchev–Trinajstić information content (AvgIpc) is 1.72. The summed E-state index contributed by atoms with van der Waals surface area (Å²) in [5.41, 5.74) is 0. The fourth-order valence-electron chi connectivity index (χ4n) is 11.6. The maximum atomic E-state index is 13.1. The molecule has 0 amide bonds. The van der Waals surface area contributed by atoms with Crippen LogP contribution in [0.4, 0.5) is 0 Å². The lowest BCUT2D eigenvalue weighted by Crippen LogP contribution is -2.30. The van der Waals surface area contributed by atoms with Crippen molar-refractivity contribution in [1.29, 1.82) is 0 Å². The number of ether oxygens (including phenoxy) is 4. The van der Waals surface area contributed by atoms with Gasteiger partial charge in [-0.1, -0.05) is 337 Å². The Labute approximate surface area is 581 Å². The Balaban J connectivity index is 5.24. The molecule has 0 aromatic rings. The van der Waals surface area contributed by atoms with Crippen LogP contribution in [0.25, 0.3) is 0 Å². The monoisotopic (exact) mass is 1400 g/mol. The van der Waals surface area contributed by atoms with Crippen LogP contribution >= 0.6 is 15.6 Å². The van der Waals surface area contributed by atoms with Gasteiger partial charge < -0.3 is 33.8 Å². The Kier molecular flexibility index (Phi) is 65.2.